The van der Waals surface area contributed by atoms with Gasteiger partial charge in [0.05, 0.1) is 14.2 Å². The Morgan fingerprint density at radius 1 is 0.815 bits per heavy atom. The fourth-order valence-electron chi connectivity index (χ4n) is 2.22. The van der Waals surface area contributed by atoms with Crippen LogP contribution in [0, 0.1) is 0 Å². The number of hydrogen-bond donors (Lipinski definition) is 2. The van der Waals surface area contributed by atoms with E-state index >= 15 is 0 Å². The lowest BCUT2D eigenvalue weighted by Crippen LogP contribution is -1.88. The molecule has 0 spiro atoms. The number of nitrogens with zero attached hydrogens (tertiary/aromatic N) is 4. The van der Waals surface area contributed by atoms with Crippen molar-refractivity contribution in [2.75, 3.05) is 14.2 Å². The van der Waals surface area contributed by atoms with Crippen LogP contribution in [-0.2, 0) is 0 Å². The normalized spacial score (nSPS) is 11.3. The highest BCUT2D eigenvalue weighted by Gasteiger charge is 2.10. The standard InChI is InChI=1S/C18H16N4O5/c1-25-13-7-3-5-11(15(13)23)9-19-17-18(22-27-21-17)20-10-12-6-4-8-14(26-2)16(12)24/h3-10,23-24H,1-2H3. The minimum Gasteiger partial charge on any atom is -0.504 e. The zero-order chi connectivity index (χ0) is 19.2. The second kappa shape index (κ2) is 8.00. The monoisotopic (exact) mass is 368 g/mol. The smallest absolute Gasteiger partial charge is 0.243 e. The van der Waals surface area contributed by atoms with Crippen LogP contribution in [0.4, 0.5) is 11.6 Å². The number of para-hydroxylation sites is 2. The lowest BCUT2D eigenvalue weighted by Gasteiger charge is -2.04. The van der Waals surface area contributed by atoms with Gasteiger partial charge in [-0.25, -0.2) is 14.6 Å². The highest BCUT2D eigenvalue weighted by atomic mass is 16.6. The Balaban J connectivity index is 1.85. The average Bonchev–Trinajstić information content (AvgIpc) is 3.14. The molecule has 27 heavy (non-hydrogen) atoms. The first-order valence-electron chi connectivity index (χ1n) is 7.76. The summed E-state index contributed by atoms with van der Waals surface area (Å²) in [4.78, 5) is 8.26. The summed E-state index contributed by atoms with van der Waals surface area (Å²) in [6.45, 7) is 0. The van der Waals surface area contributed by atoms with Gasteiger partial charge in [-0.15, -0.1) is 0 Å². The van der Waals surface area contributed by atoms with Crippen molar-refractivity contribution in [1.29, 1.82) is 0 Å². The van der Waals surface area contributed by atoms with E-state index in [1.165, 1.54) is 26.6 Å². The molecule has 0 aliphatic heterocycles. The van der Waals surface area contributed by atoms with Gasteiger partial charge >= 0.3 is 0 Å². The molecule has 0 atom stereocenters. The van der Waals surface area contributed by atoms with E-state index in [1.54, 1.807) is 36.4 Å². The molecule has 0 unspecified atom stereocenters. The Morgan fingerprint density at radius 2 is 1.26 bits per heavy atom. The van der Waals surface area contributed by atoms with Gasteiger partial charge in [-0.2, -0.15) is 0 Å². The number of aromatic nitrogens is 2. The number of ether oxygens (including phenoxy) is 2. The van der Waals surface area contributed by atoms with Gasteiger partial charge in [0.2, 0.25) is 11.6 Å². The lowest BCUT2D eigenvalue weighted by atomic mass is 10.2. The number of benzene rings is 2. The predicted molar refractivity (Wildman–Crippen MR) is 98.1 cm³/mol. The van der Waals surface area contributed by atoms with Crippen molar-refractivity contribution in [1.82, 2.24) is 10.3 Å². The second-order valence-corrected chi connectivity index (χ2v) is 5.22. The molecule has 138 valence electrons. The molecule has 2 N–H and O–H groups in total. The Bertz CT molecular complexity index is 919. The minimum absolute atomic E-state index is 0.0495. The van der Waals surface area contributed by atoms with Crippen molar-refractivity contribution in [3.05, 3.63) is 47.5 Å². The minimum atomic E-state index is -0.0495. The van der Waals surface area contributed by atoms with Crippen LogP contribution in [0.1, 0.15) is 11.1 Å². The first kappa shape index (κ1) is 17.9. The third kappa shape index (κ3) is 3.87. The SMILES string of the molecule is COc1cccc(C=Nc2nonc2N=Cc2cccc(OC)c2O)c1O. The molecule has 0 radical (unpaired) electrons. The molecule has 1 heterocycles. The molecular weight excluding hydrogens is 352 g/mol. The summed E-state index contributed by atoms with van der Waals surface area (Å²) in [6.07, 6.45) is 2.78. The van der Waals surface area contributed by atoms with Gasteiger partial charge in [0.15, 0.2) is 23.0 Å². The van der Waals surface area contributed by atoms with Crippen LogP contribution in [-0.4, -0.2) is 47.2 Å². The molecule has 0 bridgehead atoms. The van der Waals surface area contributed by atoms with E-state index in [2.05, 4.69) is 24.9 Å². The van der Waals surface area contributed by atoms with Gasteiger partial charge in [0.25, 0.3) is 0 Å². The first-order valence-corrected chi connectivity index (χ1v) is 7.76. The van der Waals surface area contributed by atoms with Crippen molar-refractivity contribution in [2.45, 2.75) is 0 Å². The van der Waals surface area contributed by atoms with Gasteiger partial charge in [0, 0.05) is 23.6 Å². The fourth-order valence-corrected chi connectivity index (χ4v) is 2.22. The summed E-state index contributed by atoms with van der Waals surface area (Å²) < 4.78 is 14.8. The van der Waals surface area contributed by atoms with Gasteiger partial charge in [-0.3, -0.25) is 0 Å². The maximum Gasteiger partial charge on any atom is 0.243 e. The molecule has 0 aliphatic rings. The largest absolute Gasteiger partial charge is 0.504 e. The molecule has 3 aromatic rings. The van der Waals surface area contributed by atoms with E-state index in [9.17, 15) is 10.2 Å². The first-order chi connectivity index (χ1) is 13.1. The van der Waals surface area contributed by atoms with E-state index in [1.807, 2.05) is 0 Å². The van der Waals surface area contributed by atoms with E-state index in [0.717, 1.165) is 0 Å². The number of aromatic hydroxyl groups is 2. The highest BCUT2D eigenvalue weighted by molar-refractivity contribution is 5.89. The molecule has 2 aromatic carbocycles. The van der Waals surface area contributed by atoms with Crippen LogP contribution in [0.15, 0.2) is 51.0 Å². The van der Waals surface area contributed by atoms with Gasteiger partial charge < -0.3 is 19.7 Å². The molecule has 0 aliphatic carbocycles. The summed E-state index contributed by atoms with van der Waals surface area (Å²) in [5, 5.41) is 27.5. The van der Waals surface area contributed by atoms with E-state index < -0.39 is 0 Å². The second-order valence-electron chi connectivity index (χ2n) is 5.22. The zero-order valence-electron chi connectivity index (χ0n) is 14.5. The van der Waals surface area contributed by atoms with Gasteiger partial charge in [-0.1, -0.05) is 12.1 Å². The van der Waals surface area contributed by atoms with Gasteiger partial charge in [0.1, 0.15) is 0 Å². The van der Waals surface area contributed by atoms with Crippen LogP contribution in [0.2, 0.25) is 0 Å². The molecule has 0 saturated heterocycles. The van der Waals surface area contributed by atoms with Crippen LogP contribution >= 0.6 is 0 Å². The fraction of sp³-hybridized carbons (Fsp3) is 0.111. The topological polar surface area (TPSA) is 123 Å². The number of methoxy groups -OCH3 is 2. The summed E-state index contributed by atoms with van der Waals surface area (Å²) >= 11 is 0. The maximum atomic E-state index is 10.1. The summed E-state index contributed by atoms with van der Waals surface area (Å²) in [5.41, 5.74) is 0.857. The Hall–Kier alpha value is -3.88. The third-order valence-electron chi connectivity index (χ3n) is 3.61. The van der Waals surface area contributed by atoms with Crippen molar-refractivity contribution in [3.8, 4) is 23.0 Å². The summed E-state index contributed by atoms with van der Waals surface area (Å²) in [6, 6.07) is 10.00. The number of rotatable bonds is 6. The molecule has 0 saturated carbocycles. The van der Waals surface area contributed by atoms with Crippen molar-refractivity contribution >= 4 is 24.1 Å². The number of phenolic OH excluding ortho intramolecular Hbond substituents is 2. The molecular formula is C18H16N4O5. The number of hydrogen-bond acceptors (Lipinski definition) is 9. The quantitative estimate of drug-likeness (QED) is 0.641. The van der Waals surface area contributed by atoms with Crippen LogP contribution in [0.5, 0.6) is 23.0 Å². The van der Waals surface area contributed by atoms with Gasteiger partial charge in [-0.05, 0) is 34.6 Å². The number of phenols is 2. The summed E-state index contributed by atoms with van der Waals surface area (Å²) in [5.74, 6) is 0.762. The lowest BCUT2D eigenvalue weighted by molar-refractivity contribution is 0.309. The van der Waals surface area contributed by atoms with Crippen LogP contribution < -0.4 is 9.47 Å². The average molecular weight is 368 g/mol. The Morgan fingerprint density at radius 3 is 1.67 bits per heavy atom. The zero-order valence-corrected chi connectivity index (χ0v) is 14.5. The Labute approximate surface area is 154 Å². The van der Waals surface area contributed by atoms with Crippen molar-refractivity contribution < 1.29 is 24.3 Å². The molecule has 9 nitrogen and oxygen atoms in total. The highest BCUT2D eigenvalue weighted by Crippen LogP contribution is 2.31. The molecule has 9 heteroatoms. The molecule has 3 rings (SSSR count). The van der Waals surface area contributed by atoms with Crippen LogP contribution in [0.25, 0.3) is 0 Å². The predicted octanol–water partition coefficient (Wildman–Crippen LogP) is 3.00. The molecule has 0 fully saturated rings. The van der Waals surface area contributed by atoms with E-state index in [-0.39, 0.29) is 23.1 Å². The van der Waals surface area contributed by atoms with E-state index in [4.69, 9.17) is 9.47 Å². The summed E-state index contributed by atoms with van der Waals surface area (Å²) in [7, 11) is 2.91. The van der Waals surface area contributed by atoms with Crippen molar-refractivity contribution in [3.63, 3.8) is 0 Å². The maximum absolute atomic E-state index is 10.1. The van der Waals surface area contributed by atoms with Crippen molar-refractivity contribution in [2.24, 2.45) is 9.98 Å². The molecule has 1 aromatic heterocycles. The van der Waals surface area contributed by atoms with Crippen LogP contribution in [0.3, 0.4) is 0 Å². The molecule has 0 amide bonds. The third-order valence-corrected chi connectivity index (χ3v) is 3.61. The number of aliphatic imine (C=N–C) groups is 2. The Kier molecular flexibility index (Phi) is 5.31. The van der Waals surface area contributed by atoms with E-state index in [0.29, 0.717) is 22.6 Å².